The number of rotatable bonds is 15. The van der Waals surface area contributed by atoms with E-state index in [2.05, 4.69) is 13.2 Å². The lowest BCUT2D eigenvalue weighted by Gasteiger charge is -2.39. The predicted molar refractivity (Wildman–Crippen MR) is 187 cm³/mol. The minimum atomic E-state index is -1.32. The molecule has 3 aliphatic rings. The molecule has 3 saturated heterocycles. The second kappa shape index (κ2) is 15.3. The molecule has 2 bridgehead atoms. The summed E-state index contributed by atoms with van der Waals surface area (Å²) in [4.78, 5) is 61.2. The summed E-state index contributed by atoms with van der Waals surface area (Å²) >= 11 is 6.56. The zero-order chi connectivity index (χ0) is 35.5. The number of aliphatic hydroxyl groups excluding tert-OH is 1. The Hall–Kier alpha value is -3.99. The van der Waals surface area contributed by atoms with Crippen LogP contribution in [0.4, 0.5) is 5.69 Å². The third-order valence-corrected chi connectivity index (χ3v) is 10.7. The molecule has 1 spiro atoms. The maximum atomic E-state index is 14.8. The number of hydrogen-bond acceptors (Lipinski definition) is 7. The molecule has 0 saturated carbocycles. The minimum Gasteiger partial charge on any atom is -0.455 e. The van der Waals surface area contributed by atoms with Crippen molar-refractivity contribution in [2.75, 3.05) is 25.1 Å². The first-order valence-electron chi connectivity index (χ1n) is 17.0. The number of likely N-dealkylation sites (tertiary alicyclic amines) is 1. The average Bonchev–Trinajstić information content (AvgIpc) is 3.76. The maximum absolute atomic E-state index is 14.8. The topological polar surface area (TPSA) is 117 Å². The summed E-state index contributed by atoms with van der Waals surface area (Å²) in [7, 11) is 1.68. The maximum Gasteiger partial charge on any atom is 0.313 e. The van der Waals surface area contributed by atoms with Gasteiger partial charge in [-0.25, -0.2) is 0 Å². The summed E-state index contributed by atoms with van der Waals surface area (Å²) in [5, 5.41) is 10.8. The third-order valence-electron chi connectivity index (χ3n) is 10.4. The molecule has 11 heteroatoms. The Kier molecular flexibility index (Phi) is 11.3. The fourth-order valence-electron chi connectivity index (χ4n) is 7.82. The Morgan fingerprint density at radius 2 is 1.84 bits per heavy atom. The van der Waals surface area contributed by atoms with Crippen molar-refractivity contribution in [1.82, 2.24) is 9.80 Å². The lowest BCUT2D eigenvalue weighted by Crippen LogP contribution is -2.59. The second-order valence-electron chi connectivity index (χ2n) is 13.1. The number of carbonyl (C=O) groups excluding carboxylic acids is 4. The highest BCUT2D eigenvalue weighted by atomic mass is 35.5. The Labute approximate surface area is 293 Å². The Balaban J connectivity index is 1.52. The number of likely N-dealkylation sites (N-methyl/N-ethyl adjacent to an activating group) is 1. The summed E-state index contributed by atoms with van der Waals surface area (Å²) < 4.78 is 12.9. The summed E-state index contributed by atoms with van der Waals surface area (Å²) in [6.07, 6.45) is 3.74. The van der Waals surface area contributed by atoms with Gasteiger partial charge in [0.2, 0.25) is 11.8 Å². The number of esters is 1. The van der Waals surface area contributed by atoms with E-state index in [4.69, 9.17) is 21.1 Å². The number of carbonyl (C=O) groups is 4. The summed E-state index contributed by atoms with van der Waals surface area (Å²) in [6.45, 7) is 10.9. The molecule has 0 aliphatic carbocycles. The number of fused-ring (bicyclic) bond motifs is 1. The highest BCUT2D eigenvalue weighted by molar-refractivity contribution is 6.34. The van der Waals surface area contributed by atoms with Gasteiger partial charge < -0.3 is 29.3 Å². The number of nitrogens with zero attached hydrogens (tertiary/aromatic N) is 3. The molecule has 3 amide bonds. The van der Waals surface area contributed by atoms with E-state index in [0.29, 0.717) is 42.0 Å². The SMILES string of the molecule is C=CCCC(=O)N(C)[C@@H](C)[C@@H](OC(=O)[C@@H]1[C@@H]2CC[C@]3(O2)[C@H](C(=O)N(CC=C)c2ccccc2Cl)N([C@@H](CC)CO)C(=O)[C@@H]13)c1ccccc1. The van der Waals surface area contributed by atoms with Crippen LogP contribution in [0.15, 0.2) is 79.9 Å². The van der Waals surface area contributed by atoms with Crippen molar-refractivity contribution in [3.63, 3.8) is 0 Å². The van der Waals surface area contributed by atoms with Crippen LogP contribution in [0.5, 0.6) is 0 Å². The number of hydrogen-bond donors (Lipinski definition) is 1. The van der Waals surface area contributed by atoms with Crippen LogP contribution < -0.4 is 4.90 Å². The van der Waals surface area contributed by atoms with Gasteiger partial charge in [-0.05, 0) is 50.3 Å². The quantitative estimate of drug-likeness (QED) is 0.204. The molecule has 3 fully saturated rings. The van der Waals surface area contributed by atoms with E-state index in [1.165, 1.54) is 9.80 Å². The monoisotopic (exact) mass is 691 g/mol. The lowest BCUT2D eigenvalue weighted by atomic mass is 9.70. The molecule has 49 heavy (non-hydrogen) atoms. The molecule has 3 heterocycles. The molecule has 0 radical (unpaired) electrons. The van der Waals surface area contributed by atoms with Gasteiger partial charge in [-0.1, -0.05) is 73.1 Å². The van der Waals surface area contributed by atoms with Gasteiger partial charge >= 0.3 is 5.97 Å². The Morgan fingerprint density at radius 1 is 1.14 bits per heavy atom. The fraction of sp³-hybridized carbons (Fsp3) is 0.474. The van der Waals surface area contributed by atoms with Crippen LogP contribution >= 0.6 is 11.6 Å². The largest absolute Gasteiger partial charge is 0.455 e. The van der Waals surface area contributed by atoms with Gasteiger partial charge in [0.05, 0.1) is 47.3 Å². The van der Waals surface area contributed by atoms with E-state index >= 15 is 0 Å². The Bertz CT molecular complexity index is 1570. The molecule has 10 nitrogen and oxygen atoms in total. The van der Waals surface area contributed by atoms with Crippen molar-refractivity contribution < 1.29 is 33.8 Å². The van der Waals surface area contributed by atoms with Crippen LogP contribution in [0.2, 0.25) is 5.02 Å². The molecular formula is C38H46ClN3O7. The first kappa shape index (κ1) is 36.3. The van der Waals surface area contributed by atoms with Crippen molar-refractivity contribution in [2.24, 2.45) is 11.8 Å². The number of amides is 3. The van der Waals surface area contributed by atoms with Crippen molar-refractivity contribution in [1.29, 1.82) is 0 Å². The van der Waals surface area contributed by atoms with Crippen LogP contribution in [0.1, 0.15) is 57.6 Å². The van der Waals surface area contributed by atoms with Crippen LogP contribution in [-0.4, -0.2) is 88.6 Å². The van der Waals surface area contributed by atoms with Gasteiger partial charge in [-0.15, -0.1) is 13.2 Å². The van der Waals surface area contributed by atoms with Crippen LogP contribution in [0.25, 0.3) is 0 Å². The number of halogens is 1. The lowest BCUT2D eigenvalue weighted by molar-refractivity contribution is -0.165. The van der Waals surface area contributed by atoms with E-state index in [9.17, 15) is 24.3 Å². The van der Waals surface area contributed by atoms with Crippen molar-refractivity contribution in [2.45, 2.75) is 81.9 Å². The van der Waals surface area contributed by atoms with Crippen LogP contribution in [-0.2, 0) is 28.7 Å². The molecule has 2 aromatic rings. The van der Waals surface area contributed by atoms with E-state index in [0.717, 1.165) is 0 Å². The second-order valence-corrected chi connectivity index (χ2v) is 13.5. The molecular weight excluding hydrogens is 646 g/mol. The van der Waals surface area contributed by atoms with Gasteiger partial charge in [-0.3, -0.25) is 19.2 Å². The highest BCUT2D eigenvalue weighted by Gasteiger charge is 2.75. The van der Waals surface area contributed by atoms with Gasteiger partial charge in [0.25, 0.3) is 5.91 Å². The van der Waals surface area contributed by atoms with Crippen molar-refractivity contribution >= 4 is 41.0 Å². The van der Waals surface area contributed by atoms with Crippen molar-refractivity contribution in [3.05, 3.63) is 90.5 Å². The average molecular weight is 692 g/mol. The van der Waals surface area contributed by atoms with Crippen LogP contribution in [0, 0.1) is 11.8 Å². The standard InChI is InChI=1S/C38H46ClN3O7/c1-6-9-19-30(44)40(5)24(4)33(25-15-11-10-12-16-25)48-37(47)31-29-20-21-38(49-29)32(31)35(45)42(26(8-3)23-43)34(38)36(46)41(22-7-2)28-18-14-13-17-27(28)39/h6-7,10-18,24,26,29,31-34,43H,1-2,8-9,19-23H2,3-5H3/t24-,26-,29-,31+,32+,33+,34-,38+/m0/s1. The number of para-hydroxylation sites is 1. The van der Waals surface area contributed by atoms with Gasteiger partial charge in [0.15, 0.2) is 0 Å². The minimum absolute atomic E-state index is 0.113. The smallest absolute Gasteiger partial charge is 0.313 e. The number of ether oxygens (including phenoxy) is 2. The van der Waals surface area contributed by atoms with E-state index in [-0.39, 0.29) is 25.5 Å². The number of benzene rings is 2. The van der Waals surface area contributed by atoms with Crippen LogP contribution in [0.3, 0.4) is 0 Å². The summed E-state index contributed by atoms with van der Waals surface area (Å²) in [5.74, 6) is -3.61. The number of allylic oxidation sites excluding steroid dienone is 1. The molecule has 1 N–H and O–H groups in total. The molecule has 0 aromatic heterocycles. The summed E-state index contributed by atoms with van der Waals surface area (Å²) in [6, 6.07) is 13.8. The molecule has 262 valence electrons. The van der Waals surface area contributed by atoms with E-state index in [1.54, 1.807) is 48.4 Å². The van der Waals surface area contributed by atoms with Gasteiger partial charge in [0.1, 0.15) is 17.7 Å². The first-order chi connectivity index (χ1) is 23.6. The number of aliphatic hydroxyl groups is 1. The molecule has 8 atom stereocenters. The summed E-state index contributed by atoms with van der Waals surface area (Å²) in [5.41, 5.74) is -0.172. The number of anilines is 1. The Morgan fingerprint density at radius 3 is 2.47 bits per heavy atom. The zero-order valence-electron chi connectivity index (χ0n) is 28.4. The predicted octanol–water partition coefficient (Wildman–Crippen LogP) is 5.10. The van der Waals surface area contributed by atoms with Gasteiger partial charge in [0, 0.05) is 20.0 Å². The highest BCUT2D eigenvalue weighted by Crippen LogP contribution is 2.59. The third kappa shape index (κ3) is 6.54. The molecule has 5 rings (SSSR count). The van der Waals surface area contributed by atoms with E-state index < -0.39 is 65.6 Å². The zero-order valence-corrected chi connectivity index (χ0v) is 29.1. The molecule has 2 aromatic carbocycles. The fourth-order valence-corrected chi connectivity index (χ4v) is 8.06. The van der Waals surface area contributed by atoms with Crippen molar-refractivity contribution in [3.8, 4) is 0 Å². The molecule has 0 unspecified atom stereocenters. The first-order valence-corrected chi connectivity index (χ1v) is 17.3. The van der Waals surface area contributed by atoms with Gasteiger partial charge in [-0.2, -0.15) is 0 Å². The van der Waals surface area contributed by atoms with E-state index in [1.807, 2.05) is 44.2 Å². The normalized spacial score (nSPS) is 25.7. The molecule has 3 aliphatic heterocycles.